The van der Waals surface area contributed by atoms with Gasteiger partial charge in [0.2, 0.25) is 5.43 Å². The first kappa shape index (κ1) is 21.3. The topological polar surface area (TPSA) is 90.3 Å². The lowest BCUT2D eigenvalue weighted by Gasteiger charge is -2.12. The summed E-state index contributed by atoms with van der Waals surface area (Å²) in [7, 11) is 0. The highest BCUT2D eigenvalue weighted by molar-refractivity contribution is 7.17. The van der Waals surface area contributed by atoms with Crippen LogP contribution in [-0.4, -0.2) is 28.3 Å². The van der Waals surface area contributed by atoms with Crippen LogP contribution in [-0.2, 0) is 17.6 Å². The number of thiophene rings is 1. The van der Waals surface area contributed by atoms with Crippen LogP contribution in [0.2, 0.25) is 5.02 Å². The average molecular weight is 458 g/mol. The van der Waals surface area contributed by atoms with Crippen molar-refractivity contribution < 1.29 is 14.3 Å². The Morgan fingerprint density at radius 3 is 2.68 bits per heavy atom. The van der Waals surface area contributed by atoms with Gasteiger partial charge in [-0.15, -0.1) is 11.3 Å². The van der Waals surface area contributed by atoms with Crippen LogP contribution in [0, 0.1) is 0 Å². The van der Waals surface area contributed by atoms with Crippen LogP contribution in [0.3, 0.4) is 0 Å². The molecule has 0 atom stereocenters. The number of anilines is 1. The van der Waals surface area contributed by atoms with E-state index in [9.17, 15) is 14.4 Å². The first-order valence-corrected chi connectivity index (χ1v) is 11.2. The van der Waals surface area contributed by atoms with E-state index in [-0.39, 0.29) is 12.3 Å². The molecule has 1 aliphatic carbocycles. The van der Waals surface area contributed by atoms with Gasteiger partial charge in [0.25, 0.3) is 5.91 Å². The molecule has 1 amide bonds. The lowest BCUT2D eigenvalue weighted by atomic mass is 9.95. The summed E-state index contributed by atoms with van der Waals surface area (Å²) >= 11 is 7.28. The Bertz CT molecular complexity index is 1200. The molecule has 0 saturated carbocycles. The smallest absolute Gasteiger partial charge is 0.341 e. The van der Waals surface area contributed by atoms with E-state index in [0.29, 0.717) is 21.3 Å². The summed E-state index contributed by atoms with van der Waals surface area (Å²) in [6.07, 6.45) is 5.12. The Balaban J connectivity index is 1.68. The third-order valence-corrected chi connectivity index (χ3v) is 6.45. The van der Waals surface area contributed by atoms with Gasteiger partial charge in [-0.2, -0.15) is 5.10 Å². The predicted molar refractivity (Wildman–Crippen MR) is 120 cm³/mol. The zero-order valence-corrected chi connectivity index (χ0v) is 18.4. The minimum atomic E-state index is -0.669. The first-order valence-electron chi connectivity index (χ1n) is 9.97. The maximum Gasteiger partial charge on any atom is 0.341 e. The van der Waals surface area contributed by atoms with Gasteiger partial charge in [-0.25, -0.2) is 9.48 Å². The van der Waals surface area contributed by atoms with Gasteiger partial charge in [0.1, 0.15) is 5.00 Å². The van der Waals surface area contributed by atoms with E-state index in [2.05, 4.69) is 10.4 Å². The normalized spacial score (nSPS) is 12.8. The molecule has 0 spiro atoms. The van der Waals surface area contributed by atoms with E-state index < -0.39 is 17.3 Å². The quantitative estimate of drug-likeness (QED) is 0.578. The van der Waals surface area contributed by atoms with Gasteiger partial charge in [0.05, 0.1) is 17.9 Å². The Labute approximate surface area is 187 Å². The van der Waals surface area contributed by atoms with Crippen molar-refractivity contribution in [1.29, 1.82) is 0 Å². The molecule has 31 heavy (non-hydrogen) atoms. The highest BCUT2D eigenvalue weighted by atomic mass is 35.5. The molecule has 0 aliphatic heterocycles. The van der Waals surface area contributed by atoms with Crippen molar-refractivity contribution in [3.63, 3.8) is 0 Å². The van der Waals surface area contributed by atoms with Crippen LogP contribution >= 0.6 is 22.9 Å². The number of esters is 1. The summed E-state index contributed by atoms with van der Waals surface area (Å²) in [4.78, 5) is 39.0. The van der Waals surface area contributed by atoms with Crippen molar-refractivity contribution in [2.45, 2.75) is 32.6 Å². The molecule has 4 rings (SSSR count). The van der Waals surface area contributed by atoms with Gasteiger partial charge >= 0.3 is 5.97 Å². The number of benzene rings is 1. The largest absolute Gasteiger partial charge is 0.462 e. The molecule has 3 aromatic rings. The highest BCUT2D eigenvalue weighted by Gasteiger charge is 2.28. The Morgan fingerprint density at radius 1 is 1.19 bits per heavy atom. The molecule has 0 unspecified atom stereocenters. The number of aromatic nitrogens is 2. The van der Waals surface area contributed by atoms with E-state index in [1.165, 1.54) is 28.3 Å². The monoisotopic (exact) mass is 457 g/mol. The second-order valence-corrected chi connectivity index (χ2v) is 8.58. The standard InChI is InChI=1S/C22H20ClN3O4S/c1-2-30-22(29)18-15-5-3-4-6-17(15)31-21(18)24-20(28)19-16(27)11-12-26(25-19)14-9-7-13(23)8-10-14/h7-12H,2-6H2,1H3,(H,24,28). The van der Waals surface area contributed by atoms with Crippen molar-refractivity contribution in [2.75, 3.05) is 11.9 Å². The van der Waals surface area contributed by atoms with Gasteiger partial charge in [-0.05, 0) is 62.4 Å². The van der Waals surface area contributed by atoms with Gasteiger partial charge in [0.15, 0.2) is 5.69 Å². The second-order valence-electron chi connectivity index (χ2n) is 7.04. The molecule has 2 heterocycles. The maximum absolute atomic E-state index is 13.0. The molecular formula is C22H20ClN3O4S. The highest BCUT2D eigenvalue weighted by Crippen LogP contribution is 2.38. The zero-order chi connectivity index (χ0) is 22.0. The molecule has 2 aromatic heterocycles. The summed E-state index contributed by atoms with van der Waals surface area (Å²) in [5, 5.41) is 7.90. The molecule has 0 radical (unpaired) electrons. The van der Waals surface area contributed by atoms with Crippen LogP contribution in [0.1, 0.15) is 51.1 Å². The molecule has 160 valence electrons. The van der Waals surface area contributed by atoms with Crippen LogP contribution < -0.4 is 10.7 Å². The van der Waals surface area contributed by atoms with Crippen molar-refractivity contribution in [3.8, 4) is 5.69 Å². The van der Waals surface area contributed by atoms with Crippen LogP contribution in [0.4, 0.5) is 5.00 Å². The zero-order valence-electron chi connectivity index (χ0n) is 16.8. The predicted octanol–water partition coefficient (Wildman–Crippen LogP) is 4.26. The van der Waals surface area contributed by atoms with E-state index in [1.54, 1.807) is 31.2 Å². The molecule has 9 heteroatoms. The van der Waals surface area contributed by atoms with Crippen LogP contribution in [0.5, 0.6) is 0 Å². The Kier molecular flexibility index (Phi) is 6.20. The van der Waals surface area contributed by atoms with Crippen molar-refractivity contribution in [2.24, 2.45) is 0 Å². The van der Waals surface area contributed by atoms with Gasteiger partial charge in [-0.1, -0.05) is 11.6 Å². The SMILES string of the molecule is CCOC(=O)c1c(NC(=O)c2nn(-c3ccc(Cl)cc3)ccc2=O)sc2c1CCCC2. The fraction of sp³-hybridized carbons (Fsp3) is 0.273. The Hall–Kier alpha value is -2.97. The number of amides is 1. The third kappa shape index (κ3) is 4.40. The molecule has 1 N–H and O–H groups in total. The van der Waals surface area contributed by atoms with Crippen LogP contribution in [0.15, 0.2) is 41.3 Å². The molecule has 0 bridgehead atoms. The number of hydrogen-bond donors (Lipinski definition) is 1. The van der Waals surface area contributed by atoms with E-state index in [0.717, 1.165) is 36.1 Å². The molecule has 1 aliphatic rings. The summed E-state index contributed by atoms with van der Waals surface area (Å²) < 4.78 is 6.64. The van der Waals surface area contributed by atoms with Gasteiger partial charge < -0.3 is 10.1 Å². The van der Waals surface area contributed by atoms with Crippen molar-refractivity contribution in [1.82, 2.24) is 9.78 Å². The number of carbonyl (C=O) groups excluding carboxylic acids is 2. The third-order valence-electron chi connectivity index (χ3n) is 4.99. The fourth-order valence-electron chi connectivity index (χ4n) is 3.54. The number of nitrogens with zero attached hydrogens (tertiary/aromatic N) is 2. The van der Waals surface area contributed by atoms with Gasteiger partial charge in [0, 0.05) is 22.2 Å². The number of rotatable bonds is 5. The lowest BCUT2D eigenvalue weighted by Crippen LogP contribution is -2.26. The van der Waals surface area contributed by atoms with E-state index >= 15 is 0 Å². The molecule has 1 aromatic carbocycles. The number of carbonyl (C=O) groups is 2. The number of halogens is 1. The molecular weight excluding hydrogens is 438 g/mol. The number of aryl methyl sites for hydroxylation is 1. The second kappa shape index (κ2) is 9.03. The van der Waals surface area contributed by atoms with Crippen molar-refractivity contribution in [3.05, 3.63) is 73.5 Å². The summed E-state index contributed by atoms with van der Waals surface area (Å²) in [5.74, 6) is -1.13. The van der Waals surface area contributed by atoms with Crippen LogP contribution in [0.25, 0.3) is 5.69 Å². The molecule has 0 fully saturated rings. The lowest BCUT2D eigenvalue weighted by molar-refractivity contribution is 0.0526. The van der Waals surface area contributed by atoms with Gasteiger partial charge in [-0.3, -0.25) is 9.59 Å². The summed E-state index contributed by atoms with van der Waals surface area (Å²) in [6, 6.07) is 8.12. The number of nitrogens with one attached hydrogen (secondary N) is 1. The Morgan fingerprint density at radius 2 is 1.94 bits per heavy atom. The molecule has 0 saturated heterocycles. The average Bonchev–Trinajstić information content (AvgIpc) is 3.12. The van der Waals surface area contributed by atoms with Crippen molar-refractivity contribution >= 4 is 39.8 Å². The molecule has 7 nitrogen and oxygen atoms in total. The minimum absolute atomic E-state index is 0.239. The number of ether oxygens (including phenoxy) is 1. The summed E-state index contributed by atoms with van der Waals surface area (Å²) in [5.41, 5.74) is 1.20. The maximum atomic E-state index is 13.0. The number of fused-ring (bicyclic) bond motifs is 1. The van der Waals surface area contributed by atoms with E-state index in [1.807, 2.05) is 0 Å². The number of hydrogen-bond acceptors (Lipinski definition) is 6. The summed E-state index contributed by atoms with van der Waals surface area (Å²) in [6.45, 7) is 1.98. The first-order chi connectivity index (χ1) is 15.0. The minimum Gasteiger partial charge on any atom is -0.462 e. The van der Waals surface area contributed by atoms with E-state index in [4.69, 9.17) is 16.3 Å². The fourth-order valence-corrected chi connectivity index (χ4v) is 4.94.